The zero-order valence-electron chi connectivity index (χ0n) is 16.3. The standard InChI is InChI=1S/C16H26N4O9S/c1-6(2)12(20-13(25)7(17)3-10(21)22)15(27)18-8(4-11(23)24)14(26)19-9(5-30)16(28)29/h6-9,12,30H,3-5,17H2,1-2H3,(H,18,27)(H,19,26)(H,20,25)(H,21,22)(H,23,24)(H,28,29). The Bertz CT molecular complexity index is 686. The summed E-state index contributed by atoms with van der Waals surface area (Å²) in [5.74, 6) is -7.90. The molecule has 0 aromatic carbocycles. The van der Waals surface area contributed by atoms with Crippen LogP contribution in [-0.4, -0.2) is 80.9 Å². The second-order valence-corrected chi connectivity index (χ2v) is 7.04. The number of carboxylic acids is 3. The number of nitrogens with two attached hydrogens (primary N) is 1. The molecule has 4 unspecified atom stereocenters. The summed E-state index contributed by atoms with van der Waals surface area (Å²) in [6.07, 6.45) is -1.53. The Kier molecular flexibility index (Phi) is 11.4. The molecule has 14 heteroatoms. The zero-order chi connectivity index (χ0) is 23.6. The van der Waals surface area contributed by atoms with Crippen LogP contribution in [0, 0.1) is 5.92 Å². The lowest BCUT2D eigenvalue weighted by Gasteiger charge is -2.26. The number of thiol groups is 1. The molecule has 13 nitrogen and oxygen atoms in total. The first kappa shape index (κ1) is 27.1. The van der Waals surface area contributed by atoms with Crippen LogP contribution in [0.4, 0.5) is 0 Å². The number of amides is 3. The quantitative estimate of drug-likeness (QED) is 0.136. The van der Waals surface area contributed by atoms with Crippen molar-refractivity contribution in [3.63, 3.8) is 0 Å². The van der Waals surface area contributed by atoms with Gasteiger partial charge in [0.25, 0.3) is 0 Å². The van der Waals surface area contributed by atoms with Gasteiger partial charge in [0.1, 0.15) is 18.1 Å². The van der Waals surface area contributed by atoms with Crippen LogP contribution in [0.5, 0.6) is 0 Å². The van der Waals surface area contributed by atoms with E-state index >= 15 is 0 Å². The maximum Gasteiger partial charge on any atom is 0.327 e. The van der Waals surface area contributed by atoms with Gasteiger partial charge in [0.15, 0.2) is 0 Å². The fraction of sp³-hybridized carbons (Fsp3) is 0.625. The van der Waals surface area contributed by atoms with Gasteiger partial charge in [-0.2, -0.15) is 12.6 Å². The molecule has 0 aliphatic rings. The van der Waals surface area contributed by atoms with Gasteiger partial charge in [0.05, 0.1) is 18.9 Å². The Morgan fingerprint density at radius 3 is 1.70 bits per heavy atom. The molecule has 0 aliphatic carbocycles. The Labute approximate surface area is 177 Å². The third kappa shape index (κ3) is 9.56. The number of nitrogens with one attached hydrogen (secondary N) is 3. The van der Waals surface area contributed by atoms with Crippen LogP contribution in [0.25, 0.3) is 0 Å². The number of hydrogen-bond donors (Lipinski definition) is 8. The molecule has 4 atom stereocenters. The average molecular weight is 450 g/mol. The largest absolute Gasteiger partial charge is 0.481 e. The highest BCUT2D eigenvalue weighted by atomic mass is 32.1. The van der Waals surface area contributed by atoms with Crippen molar-refractivity contribution in [2.24, 2.45) is 11.7 Å². The van der Waals surface area contributed by atoms with Crippen molar-refractivity contribution in [3.05, 3.63) is 0 Å². The molecular formula is C16H26N4O9S. The number of aliphatic carboxylic acids is 3. The first-order chi connectivity index (χ1) is 13.8. The van der Waals surface area contributed by atoms with Gasteiger partial charge >= 0.3 is 17.9 Å². The average Bonchev–Trinajstić information content (AvgIpc) is 2.61. The van der Waals surface area contributed by atoms with Crippen LogP contribution in [0.1, 0.15) is 26.7 Å². The fourth-order valence-electron chi connectivity index (χ4n) is 2.18. The summed E-state index contributed by atoms with van der Waals surface area (Å²) >= 11 is 3.78. The molecule has 0 aromatic rings. The highest BCUT2D eigenvalue weighted by Gasteiger charge is 2.32. The minimum Gasteiger partial charge on any atom is -0.481 e. The minimum atomic E-state index is -1.64. The van der Waals surface area contributed by atoms with Crippen molar-refractivity contribution >= 4 is 48.3 Å². The Balaban J connectivity index is 5.37. The molecule has 0 fully saturated rings. The first-order valence-electron chi connectivity index (χ1n) is 8.74. The molecular weight excluding hydrogens is 424 g/mol. The van der Waals surface area contributed by atoms with Crippen molar-refractivity contribution in [2.75, 3.05) is 5.75 Å². The maximum atomic E-state index is 12.6. The molecule has 8 N–H and O–H groups in total. The van der Waals surface area contributed by atoms with Crippen molar-refractivity contribution in [1.29, 1.82) is 0 Å². The van der Waals surface area contributed by atoms with Gasteiger partial charge in [-0.1, -0.05) is 13.8 Å². The molecule has 170 valence electrons. The van der Waals surface area contributed by atoms with Gasteiger partial charge in [-0.15, -0.1) is 0 Å². The highest BCUT2D eigenvalue weighted by molar-refractivity contribution is 7.80. The third-order valence-corrected chi connectivity index (χ3v) is 4.15. The Hall–Kier alpha value is -2.87. The predicted octanol–water partition coefficient (Wildman–Crippen LogP) is -2.61. The van der Waals surface area contributed by atoms with E-state index in [1.165, 1.54) is 0 Å². The van der Waals surface area contributed by atoms with Gasteiger partial charge in [-0.3, -0.25) is 24.0 Å². The summed E-state index contributed by atoms with van der Waals surface area (Å²) in [7, 11) is 0. The van der Waals surface area contributed by atoms with E-state index < -0.39 is 78.6 Å². The van der Waals surface area contributed by atoms with Crippen LogP contribution in [0.3, 0.4) is 0 Å². The van der Waals surface area contributed by atoms with E-state index in [-0.39, 0.29) is 5.75 Å². The van der Waals surface area contributed by atoms with Crippen LogP contribution in [0.15, 0.2) is 0 Å². The van der Waals surface area contributed by atoms with Crippen molar-refractivity contribution in [3.8, 4) is 0 Å². The Morgan fingerprint density at radius 1 is 0.800 bits per heavy atom. The van der Waals surface area contributed by atoms with Crippen molar-refractivity contribution in [1.82, 2.24) is 16.0 Å². The second-order valence-electron chi connectivity index (χ2n) is 6.68. The van der Waals surface area contributed by atoms with Gasteiger partial charge in [0, 0.05) is 5.75 Å². The molecule has 0 aromatic heterocycles. The second kappa shape index (κ2) is 12.6. The lowest BCUT2D eigenvalue weighted by Crippen LogP contribution is -2.59. The number of rotatable bonds is 13. The molecule has 0 spiro atoms. The highest BCUT2D eigenvalue weighted by Crippen LogP contribution is 2.05. The molecule has 30 heavy (non-hydrogen) atoms. The fourth-order valence-corrected chi connectivity index (χ4v) is 2.43. The third-order valence-electron chi connectivity index (χ3n) is 3.79. The molecule has 0 saturated heterocycles. The lowest BCUT2D eigenvalue weighted by molar-refractivity contribution is -0.143. The number of carbonyl (C=O) groups is 6. The normalized spacial score (nSPS) is 14.7. The molecule has 3 amide bonds. The van der Waals surface area contributed by atoms with Crippen LogP contribution in [0.2, 0.25) is 0 Å². The van der Waals surface area contributed by atoms with E-state index in [1.807, 2.05) is 0 Å². The number of hydrogen-bond acceptors (Lipinski definition) is 8. The summed E-state index contributed by atoms with van der Waals surface area (Å²) in [4.78, 5) is 69.6. The van der Waals surface area contributed by atoms with Gasteiger partial charge in [0.2, 0.25) is 17.7 Å². The summed E-state index contributed by atoms with van der Waals surface area (Å²) < 4.78 is 0. The van der Waals surface area contributed by atoms with Gasteiger partial charge < -0.3 is 37.0 Å². The maximum absolute atomic E-state index is 12.6. The van der Waals surface area contributed by atoms with Crippen LogP contribution >= 0.6 is 12.6 Å². The van der Waals surface area contributed by atoms with Crippen molar-refractivity contribution < 1.29 is 44.1 Å². The molecule has 0 saturated carbocycles. The molecule has 0 aliphatic heterocycles. The van der Waals surface area contributed by atoms with E-state index in [0.29, 0.717) is 0 Å². The number of carboxylic acid groups (broad SMARTS) is 3. The van der Waals surface area contributed by atoms with Gasteiger partial charge in [-0.05, 0) is 5.92 Å². The molecule has 0 bridgehead atoms. The zero-order valence-corrected chi connectivity index (χ0v) is 17.2. The van der Waals surface area contributed by atoms with E-state index in [9.17, 15) is 28.8 Å². The topological polar surface area (TPSA) is 225 Å². The summed E-state index contributed by atoms with van der Waals surface area (Å²) in [5.41, 5.74) is 5.45. The molecule has 0 rings (SSSR count). The molecule has 0 heterocycles. The van der Waals surface area contributed by atoms with Crippen LogP contribution < -0.4 is 21.7 Å². The minimum absolute atomic E-state index is 0.277. The summed E-state index contributed by atoms with van der Waals surface area (Å²) in [6, 6.07) is -5.74. The number of carbonyl (C=O) groups excluding carboxylic acids is 3. The SMILES string of the molecule is CC(C)C(NC(=O)C(N)CC(=O)O)C(=O)NC(CC(=O)O)C(=O)NC(CS)C(=O)O. The predicted molar refractivity (Wildman–Crippen MR) is 105 cm³/mol. The van der Waals surface area contributed by atoms with Crippen LogP contribution in [-0.2, 0) is 28.8 Å². The van der Waals surface area contributed by atoms with E-state index in [4.69, 9.17) is 21.1 Å². The van der Waals surface area contributed by atoms with Crippen molar-refractivity contribution in [2.45, 2.75) is 50.9 Å². The van der Waals surface area contributed by atoms with E-state index in [2.05, 4.69) is 28.6 Å². The van der Waals surface area contributed by atoms with E-state index in [0.717, 1.165) is 0 Å². The Morgan fingerprint density at radius 2 is 1.30 bits per heavy atom. The van der Waals surface area contributed by atoms with E-state index in [1.54, 1.807) is 13.8 Å². The summed E-state index contributed by atoms with van der Waals surface area (Å²) in [5, 5.41) is 33.1. The van der Waals surface area contributed by atoms with Gasteiger partial charge in [-0.25, -0.2) is 4.79 Å². The summed E-state index contributed by atoms with van der Waals surface area (Å²) in [6.45, 7) is 3.09. The monoisotopic (exact) mass is 450 g/mol. The molecule has 0 radical (unpaired) electrons. The smallest absolute Gasteiger partial charge is 0.327 e. The first-order valence-corrected chi connectivity index (χ1v) is 9.37. The lowest BCUT2D eigenvalue weighted by atomic mass is 10.0.